The maximum Gasteiger partial charge on any atom is 0.127 e. The molecule has 0 saturated heterocycles. The molecule has 0 saturated carbocycles. The molecule has 0 radical (unpaired) electrons. The van der Waals surface area contributed by atoms with Gasteiger partial charge in [-0.1, -0.05) is 194 Å². The third-order valence-corrected chi connectivity index (χ3v) is 12.6. The third kappa shape index (κ3) is 21.0. The highest BCUT2D eigenvalue weighted by Gasteiger charge is 2.16. The van der Waals surface area contributed by atoms with Gasteiger partial charge in [-0.2, -0.15) is 0 Å². The Hall–Kier alpha value is -4.58. The molecule has 0 aromatic heterocycles. The van der Waals surface area contributed by atoms with Crippen molar-refractivity contribution in [1.29, 1.82) is 0 Å². The number of hydrogen-bond donors (Lipinski definition) is 0. The molecule has 376 valence electrons. The van der Waals surface area contributed by atoms with Crippen LogP contribution in [0, 0.1) is 0 Å². The molecular formula is C62H92O6. The van der Waals surface area contributed by atoms with Gasteiger partial charge in [0.05, 0.1) is 39.6 Å². The number of hydrogen-bond acceptors (Lipinski definition) is 6. The summed E-state index contributed by atoms with van der Waals surface area (Å²) < 4.78 is 39.1. The summed E-state index contributed by atoms with van der Waals surface area (Å²) in [6.45, 7) is 17.6. The predicted octanol–water partition coefficient (Wildman–Crippen LogP) is 18.9. The van der Waals surface area contributed by atoms with Crippen molar-refractivity contribution in [2.45, 2.75) is 196 Å². The standard InChI is InChI=1S/C62H92O6/c1-7-13-19-25-43-63-55-37-41-57(65-45-27-21-15-9-3)53(49-55)33-31-51-35-39-60(68-48-30-24-18-12-6)62-52(36-40-59(61(51)62)67-47-29-23-17-11-5)32-34-54-50-56(64-44-26-20-14-8-2)38-42-58(54)66-46-28-22-16-10-4/h31-42,49-50H,7-30,43-48H2,1-6H3/b33-31+,34-32+. The van der Waals surface area contributed by atoms with Crippen LogP contribution in [0.25, 0.3) is 35.1 Å². The summed E-state index contributed by atoms with van der Waals surface area (Å²) in [4.78, 5) is 0. The molecule has 0 bridgehead atoms. The Morgan fingerprint density at radius 3 is 0.838 bits per heavy atom. The Balaban J connectivity index is 1.84. The van der Waals surface area contributed by atoms with Crippen LogP contribution in [0.15, 0.2) is 60.7 Å². The molecule has 4 rings (SSSR count). The van der Waals surface area contributed by atoms with Gasteiger partial charge in [0.15, 0.2) is 0 Å². The van der Waals surface area contributed by atoms with E-state index >= 15 is 0 Å². The summed E-state index contributed by atoms with van der Waals surface area (Å²) >= 11 is 0. The fourth-order valence-corrected chi connectivity index (χ4v) is 8.40. The van der Waals surface area contributed by atoms with Gasteiger partial charge in [0.2, 0.25) is 0 Å². The van der Waals surface area contributed by atoms with E-state index in [2.05, 4.69) is 127 Å². The highest BCUT2D eigenvalue weighted by Crippen LogP contribution is 2.41. The van der Waals surface area contributed by atoms with Gasteiger partial charge in [-0.25, -0.2) is 0 Å². The van der Waals surface area contributed by atoms with Crippen LogP contribution >= 0.6 is 0 Å². The Bertz CT molecular complexity index is 1850. The maximum atomic E-state index is 6.76. The Labute approximate surface area is 414 Å². The van der Waals surface area contributed by atoms with Gasteiger partial charge < -0.3 is 28.4 Å². The van der Waals surface area contributed by atoms with Gasteiger partial charge in [0, 0.05) is 21.9 Å². The molecule has 4 aromatic rings. The lowest BCUT2D eigenvalue weighted by atomic mass is 9.96. The maximum absolute atomic E-state index is 6.76. The van der Waals surface area contributed by atoms with Gasteiger partial charge >= 0.3 is 0 Å². The number of benzene rings is 4. The van der Waals surface area contributed by atoms with Crippen LogP contribution in [0.3, 0.4) is 0 Å². The van der Waals surface area contributed by atoms with E-state index in [-0.39, 0.29) is 0 Å². The van der Waals surface area contributed by atoms with Crippen molar-refractivity contribution >= 4 is 35.1 Å². The Morgan fingerprint density at radius 2 is 0.529 bits per heavy atom. The van der Waals surface area contributed by atoms with Crippen molar-refractivity contribution < 1.29 is 28.4 Å². The van der Waals surface area contributed by atoms with E-state index in [1.807, 2.05) is 0 Å². The topological polar surface area (TPSA) is 55.4 Å². The molecule has 0 heterocycles. The fraction of sp³-hybridized carbons (Fsp3) is 0.581. The van der Waals surface area contributed by atoms with Gasteiger partial charge in [-0.15, -0.1) is 0 Å². The molecule has 0 atom stereocenters. The van der Waals surface area contributed by atoms with E-state index in [4.69, 9.17) is 28.4 Å². The largest absolute Gasteiger partial charge is 0.494 e. The third-order valence-electron chi connectivity index (χ3n) is 12.6. The molecule has 0 aliphatic heterocycles. The molecule has 0 amide bonds. The van der Waals surface area contributed by atoms with Crippen LogP contribution in [0.5, 0.6) is 34.5 Å². The van der Waals surface area contributed by atoms with Gasteiger partial charge in [-0.05, 0) is 98.2 Å². The van der Waals surface area contributed by atoms with E-state index in [1.54, 1.807) is 0 Å². The normalized spacial score (nSPS) is 11.6. The predicted molar refractivity (Wildman–Crippen MR) is 293 cm³/mol. The summed E-state index contributed by atoms with van der Waals surface area (Å²) in [5.41, 5.74) is 4.13. The lowest BCUT2D eigenvalue weighted by molar-refractivity contribution is 0.296. The summed E-state index contributed by atoms with van der Waals surface area (Å²) in [5, 5.41) is 2.10. The summed E-state index contributed by atoms with van der Waals surface area (Å²) in [6.07, 6.45) is 36.6. The smallest absolute Gasteiger partial charge is 0.127 e. The zero-order chi connectivity index (χ0) is 48.3. The SMILES string of the molecule is CCCCCCOc1ccc(OCCCCCC)c(/C=C/c2ccc(OCCCCCC)c3c(/C=C/c4cc(OCCCCCC)ccc4OCCCCCC)ccc(OCCCCCC)c23)c1. The van der Waals surface area contributed by atoms with E-state index in [1.165, 1.54) is 103 Å². The first-order valence-corrected chi connectivity index (χ1v) is 27.6. The second-order valence-electron chi connectivity index (χ2n) is 18.6. The van der Waals surface area contributed by atoms with Crippen molar-refractivity contribution in [3.63, 3.8) is 0 Å². The molecule has 6 heteroatoms. The molecule has 0 N–H and O–H groups in total. The molecule has 0 aliphatic rings. The number of unbranched alkanes of at least 4 members (excludes halogenated alkanes) is 18. The minimum atomic E-state index is 0.660. The van der Waals surface area contributed by atoms with Gasteiger partial charge in [-0.3, -0.25) is 0 Å². The zero-order valence-electron chi connectivity index (χ0n) is 43.7. The van der Waals surface area contributed by atoms with E-state index in [9.17, 15) is 0 Å². The molecular weight excluding hydrogens is 841 g/mol. The minimum absolute atomic E-state index is 0.660. The lowest BCUT2D eigenvalue weighted by Gasteiger charge is -2.18. The van der Waals surface area contributed by atoms with E-state index < -0.39 is 0 Å². The van der Waals surface area contributed by atoms with Crippen LogP contribution in [-0.4, -0.2) is 39.6 Å². The highest BCUT2D eigenvalue weighted by atomic mass is 16.5. The van der Waals surface area contributed by atoms with Crippen molar-refractivity contribution in [2.24, 2.45) is 0 Å². The number of ether oxygens (including phenoxy) is 6. The van der Waals surface area contributed by atoms with Gasteiger partial charge in [0.1, 0.15) is 34.5 Å². The van der Waals surface area contributed by atoms with E-state index in [0.29, 0.717) is 39.6 Å². The molecule has 6 nitrogen and oxygen atoms in total. The average molecular weight is 933 g/mol. The van der Waals surface area contributed by atoms with Crippen molar-refractivity contribution in [3.8, 4) is 34.5 Å². The summed E-state index contributed by atoms with van der Waals surface area (Å²) in [6, 6.07) is 21.3. The first kappa shape index (κ1) is 56.0. The lowest BCUT2D eigenvalue weighted by Crippen LogP contribution is -2.02. The average Bonchev–Trinajstić information content (AvgIpc) is 3.35. The minimum Gasteiger partial charge on any atom is -0.494 e. The second-order valence-corrected chi connectivity index (χ2v) is 18.6. The summed E-state index contributed by atoms with van der Waals surface area (Å²) in [5.74, 6) is 5.23. The Kier molecular flexibility index (Phi) is 29.3. The first-order chi connectivity index (χ1) is 33.6. The van der Waals surface area contributed by atoms with E-state index in [0.717, 1.165) is 119 Å². The van der Waals surface area contributed by atoms with Crippen molar-refractivity contribution in [2.75, 3.05) is 39.6 Å². The monoisotopic (exact) mass is 933 g/mol. The molecule has 0 aliphatic carbocycles. The van der Waals surface area contributed by atoms with Crippen LogP contribution in [0.4, 0.5) is 0 Å². The zero-order valence-corrected chi connectivity index (χ0v) is 43.7. The quantitative estimate of drug-likeness (QED) is 0.0327. The van der Waals surface area contributed by atoms with Gasteiger partial charge in [0.25, 0.3) is 0 Å². The van der Waals surface area contributed by atoms with Crippen LogP contribution in [0.1, 0.15) is 218 Å². The second kappa shape index (κ2) is 35.5. The Morgan fingerprint density at radius 1 is 0.265 bits per heavy atom. The molecule has 0 fully saturated rings. The highest BCUT2D eigenvalue weighted by molar-refractivity contribution is 6.06. The van der Waals surface area contributed by atoms with Crippen molar-refractivity contribution in [1.82, 2.24) is 0 Å². The van der Waals surface area contributed by atoms with Crippen LogP contribution in [0.2, 0.25) is 0 Å². The summed E-state index contributed by atoms with van der Waals surface area (Å²) in [7, 11) is 0. The number of rotatable bonds is 40. The molecule has 4 aromatic carbocycles. The fourth-order valence-electron chi connectivity index (χ4n) is 8.40. The molecule has 0 unspecified atom stereocenters. The van der Waals surface area contributed by atoms with Crippen molar-refractivity contribution in [3.05, 3.63) is 82.9 Å². The van der Waals surface area contributed by atoms with Crippen LogP contribution < -0.4 is 28.4 Å². The molecule has 0 spiro atoms. The van der Waals surface area contributed by atoms with Crippen LogP contribution in [-0.2, 0) is 0 Å². The molecule has 68 heavy (non-hydrogen) atoms. The first-order valence-electron chi connectivity index (χ1n) is 27.6. The number of fused-ring (bicyclic) bond motifs is 1.